The molecule has 0 spiro atoms. The molecule has 0 bridgehead atoms. The van der Waals surface area contributed by atoms with Crippen LogP contribution in [0.15, 0.2) is 22.5 Å². The van der Waals surface area contributed by atoms with Crippen LogP contribution in [-0.4, -0.2) is 69.5 Å². The molecule has 2 saturated heterocycles. The number of morpholine rings is 1. The van der Waals surface area contributed by atoms with Crippen molar-refractivity contribution in [3.63, 3.8) is 0 Å². The van der Waals surface area contributed by atoms with Crippen molar-refractivity contribution >= 4 is 41.3 Å². The molecule has 0 amide bonds. The lowest BCUT2D eigenvalue weighted by atomic mass is 9.78. The molecule has 178 valence electrons. The van der Waals surface area contributed by atoms with Gasteiger partial charge < -0.3 is 20.1 Å². The molecule has 1 aromatic heterocycles. The molecular weight excluding hydrogens is 523 g/mol. The fraction of sp³-hybridized carbons (Fsp3) is 0.783. The van der Waals surface area contributed by atoms with Gasteiger partial charge in [-0.2, -0.15) is 0 Å². The summed E-state index contributed by atoms with van der Waals surface area (Å²) in [6.45, 7) is 14.3. The Hall–Kier alpha value is -0.420. The molecule has 31 heavy (non-hydrogen) atoms. The van der Waals surface area contributed by atoms with Gasteiger partial charge in [0, 0.05) is 50.6 Å². The predicted octanol–water partition coefficient (Wildman–Crippen LogP) is 4.13. The van der Waals surface area contributed by atoms with Gasteiger partial charge in [0.2, 0.25) is 0 Å². The number of hydrogen-bond donors (Lipinski definition) is 2. The summed E-state index contributed by atoms with van der Waals surface area (Å²) in [7, 11) is 1.85. The zero-order valence-corrected chi connectivity index (χ0v) is 22.9. The molecule has 2 aliphatic rings. The molecule has 4 unspecified atom stereocenters. The van der Waals surface area contributed by atoms with Gasteiger partial charge in [0.15, 0.2) is 5.96 Å². The predicted molar refractivity (Wildman–Crippen MR) is 141 cm³/mol. The zero-order chi connectivity index (χ0) is 21.6. The molecule has 0 saturated carbocycles. The molecule has 0 aromatic carbocycles. The lowest BCUT2D eigenvalue weighted by Crippen LogP contribution is -2.50. The lowest BCUT2D eigenvalue weighted by Gasteiger charge is -2.40. The van der Waals surface area contributed by atoms with E-state index < -0.39 is 0 Å². The first-order valence-corrected chi connectivity index (χ1v) is 12.2. The monoisotopic (exact) mass is 564 g/mol. The largest absolute Gasteiger partial charge is 0.377 e. The highest BCUT2D eigenvalue weighted by Crippen LogP contribution is 2.33. The van der Waals surface area contributed by atoms with Gasteiger partial charge in [-0.3, -0.25) is 9.89 Å². The normalized spacial score (nSPS) is 26.7. The van der Waals surface area contributed by atoms with Crippen LogP contribution in [0.2, 0.25) is 0 Å². The fourth-order valence-electron chi connectivity index (χ4n) is 4.67. The first kappa shape index (κ1) is 26.8. The van der Waals surface area contributed by atoms with Gasteiger partial charge in [-0.1, -0.05) is 26.8 Å². The number of halogens is 1. The summed E-state index contributed by atoms with van der Waals surface area (Å²) in [5.74, 6) is 1.38. The van der Waals surface area contributed by atoms with Crippen molar-refractivity contribution in [2.75, 3.05) is 46.4 Å². The van der Waals surface area contributed by atoms with Crippen LogP contribution < -0.4 is 10.6 Å². The minimum Gasteiger partial charge on any atom is -0.377 e. The minimum atomic E-state index is 0. The van der Waals surface area contributed by atoms with E-state index in [4.69, 9.17) is 9.47 Å². The van der Waals surface area contributed by atoms with Gasteiger partial charge in [-0.25, -0.2) is 0 Å². The standard InChI is InChI=1S/C23H40N4O2S.HI/c1-17-16-27(10-12-28-17)19(20-9-7-13-30-20)15-26-22(24-5)25-14-18-8-6-11-29-21(18)23(2,3)4;/h7,9,13,17-19,21H,6,8,10-12,14-16H2,1-5H3,(H2,24,25,26);1H. The smallest absolute Gasteiger partial charge is 0.191 e. The second-order valence-corrected chi connectivity index (χ2v) is 10.6. The molecular formula is C23H41IN4O2S. The maximum Gasteiger partial charge on any atom is 0.191 e. The maximum absolute atomic E-state index is 6.14. The maximum atomic E-state index is 6.14. The quantitative estimate of drug-likeness (QED) is 0.309. The van der Waals surface area contributed by atoms with Crippen LogP contribution in [0.25, 0.3) is 0 Å². The Morgan fingerprint density at radius 2 is 2.10 bits per heavy atom. The Balaban J connectivity index is 0.00000341. The number of hydrogen-bond acceptors (Lipinski definition) is 5. The Kier molecular flexibility index (Phi) is 11.0. The number of guanidine groups is 1. The van der Waals surface area contributed by atoms with Crippen LogP contribution >= 0.6 is 35.3 Å². The topological polar surface area (TPSA) is 58.1 Å². The number of thiophene rings is 1. The highest BCUT2D eigenvalue weighted by atomic mass is 127. The van der Waals surface area contributed by atoms with E-state index in [2.05, 4.69) is 65.7 Å². The Labute approximate surface area is 209 Å². The summed E-state index contributed by atoms with van der Waals surface area (Å²) in [5, 5.41) is 9.32. The molecule has 2 aliphatic heterocycles. The number of aliphatic imine (C=N–C) groups is 1. The van der Waals surface area contributed by atoms with Crippen LogP contribution in [0.3, 0.4) is 0 Å². The highest BCUT2D eigenvalue weighted by Gasteiger charge is 2.35. The highest BCUT2D eigenvalue weighted by molar-refractivity contribution is 14.0. The fourth-order valence-corrected chi connectivity index (χ4v) is 5.53. The van der Waals surface area contributed by atoms with Gasteiger partial charge in [0.05, 0.1) is 24.9 Å². The van der Waals surface area contributed by atoms with E-state index in [-0.39, 0.29) is 41.6 Å². The van der Waals surface area contributed by atoms with Gasteiger partial charge in [-0.05, 0) is 36.6 Å². The van der Waals surface area contributed by atoms with E-state index in [1.165, 1.54) is 11.3 Å². The Morgan fingerprint density at radius 1 is 1.29 bits per heavy atom. The van der Waals surface area contributed by atoms with Gasteiger partial charge >= 0.3 is 0 Å². The molecule has 4 atom stereocenters. The van der Waals surface area contributed by atoms with Crippen molar-refractivity contribution < 1.29 is 9.47 Å². The second-order valence-electron chi connectivity index (χ2n) is 9.60. The van der Waals surface area contributed by atoms with Crippen molar-refractivity contribution in [3.05, 3.63) is 22.4 Å². The van der Waals surface area contributed by atoms with E-state index in [1.807, 2.05) is 18.4 Å². The first-order chi connectivity index (χ1) is 14.4. The van der Waals surface area contributed by atoms with Crippen molar-refractivity contribution in [1.29, 1.82) is 0 Å². The molecule has 6 nitrogen and oxygen atoms in total. The van der Waals surface area contributed by atoms with Crippen LogP contribution in [0, 0.1) is 11.3 Å². The summed E-state index contributed by atoms with van der Waals surface area (Å²) in [4.78, 5) is 8.41. The third-order valence-corrected chi connectivity index (χ3v) is 7.07. The van der Waals surface area contributed by atoms with Gasteiger partial charge in [-0.15, -0.1) is 35.3 Å². The van der Waals surface area contributed by atoms with Gasteiger partial charge in [0.1, 0.15) is 0 Å². The first-order valence-electron chi connectivity index (χ1n) is 11.3. The third kappa shape index (κ3) is 7.84. The van der Waals surface area contributed by atoms with Crippen LogP contribution in [-0.2, 0) is 9.47 Å². The average molecular weight is 565 g/mol. The molecule has 8 heteroatoms. The molecule has 2 N–H and O–H groups in total. The zero-order valence-electron chi connectivity index (χ0n) is 19.7. The molecule has 3 heterocycles. The van der Waals surface area contributed by atoms with Crippen LogP contribution in [0.1, 0.15) is 51.5 Å². The summed E-state index contributed by atoms with van der Waals surface area (Å²) >= 11 is 1.82. The molecule has 0 radical (unpaired) electrons. The number of ether oxygens (including phenoxy) is 2. The molecule has 3 rings (SSSR count). The average Bonchev–Trinajstić information content (AvgIpc) is 3.24. The summed E-state index contributed by atoms with van der Waals surface area (Å²) in [6.07, 6.45) is 2.90. The molecule has 1 aromatic rings. The van der Waals surface area contributed by atoms with Crippen molar-refractivity contribution in [3.8, 4) is 0 Å². The van der Waals surface area contributed by atoms with Crippen molar-refractivity contribution in [1.82, 2.24) is 15.5 Å². The van der Waals surface area contributed by atoms with E-state index in [1.54, 1.807) is 0 Å². The van der Waals surface area contributed by atoms with Crippen LogP contribution in [0.4, 0.5) is 0 Å². The van der Waals surface area contributed by atoms with Gasteiger partial charge in [0.25, 0.3) is 0 Å². The van der Waals surface area contributed by atoms with Crippen molar-refractivity contribution in [2.45, 2.75) is 58.8 Å². The van der Waals surface area contributed by atoms with E-state index >= 15 is 0 Å². The second kappa shape index (κ2) is 12.7. The molecule has 0 aliphatic carbocycles. The molecule has 2 fully saturated rings. The number of nitrogens with one attached hydrogen (secondary N) is 2. The lowest BCUT2D eigenvalue weighted by molar-refractivity contribution is -0.0835. The number of rotatable bonds is 6. The van der Waals surface area contributed by atoms with E-state index in [0.717, 1.165) is 51.8 Å². The van der Waals surface area contributed by atoms with E-state index in [0.29, 0.717) is 12.0 Å². The SMILES string of the molecule is CN=C(NCC1CCCOC1C(C)(C)C)NCC(c1cccs1)N1CCOC(C)C1.I. The summed E-state index contributed by atoms with van der Waals surface area (Å²) in [5.41, 5.74) is 0.154. The Morgan fingerprint density at radius 3 is 2.74 bits per heavy atom. The van der Waals surface area contributed by atoms with Crippen LogP contribution in [0.5, 0.6) is 0 Å². The Bertz CT molecular complexity index is 665. The minimum absolute atomic E-state index is 0. The van der Waals surface area contributed by atoms with Crippen molar-refractivity contribution in [2.24, 2.45) is 16.3 Å². The van der Waals surface area contributed by atoms with E-state index in [9.17, 15) is 0 Å². The summed E-state index contributed by atoms with van der Waals surface area (Å²) < 4.78 is 11.9. The summed E-state index contributed by atoms with van der Waals surface area (Å²) in [6, 6.07) is 4.70. The number of nitrogens with zero attached hydrogens (tertiary/aromatic N) is 2. The third-order valence-electron chi connectivity index (χ3n) is 6.10.